The monoisotopic (exact) mass is 529 g/mol. The Morgan fingerprint density at radius 2 is 1.83 bits per heavy atom. The normalized spacial score (nSPS) is 13.6. The van der Waals surface area contributed by atoms with Crippen LogP contribution in [0.1, 0.15) is 5.69 Å². The summed E-state index contributed by atoms with van der Waals surface area (Å²) in [4.78, 5) is 20.7. The Morgan fingerprint density at radius 3 is 2.50 bits per heavy atom. The summed E-state index contributed by atoms with van der Waals surface area (Å²) in [5, 5.41) is 1.12. The Balaban J connectivity index is 1.81. The van der Waals surface area contributed by atoms with Gasteiger partial charge in [-0.15, -0.1) is 0 Å². The number of benzene rings is 2. The van der Waals surface area contributed by atoms with Crippen molar-refractivity contribution in [3.63, 3.8) is 0 Å². The van der Waals surface area contributed by atoms with E-state index in [1.165, 1.54) is 21.9 Å². The van der Waals surface area contributed by atoms with Gasteiger partial charge in [0.2, 0.25) is 0 Å². The maximum atomic E-state index is 14.1. The van der Waals surface area contributed by atoms with E-state index >= 15 is 0 Å². The van der Waals surface area contributed by atoms with Crippen LogP contribution in [0.15, 0.2) is 56.9 Å². The fraction of sp³-hybridized carbons (Fsp3) is 0.100. The summed E-state index contributed by atoms with van der Waals surface area (Å²) >= 11 is 17.2. The molecule has 0 N–H and O–H groups in total. The van der Waals surface area contributed by atoms with E-state index in [2.05, 4.69) is 20.9 Å². The standard InChI is InChI=1S/C20H12BrCl2F2N3OS/c1-27-9-15-16(28(20(27)29)18-12(22)3-2-4-13(18)23)8-11(21)19(26-15)30-17-6-5-10(24)7-14(17)25/h2-8H,9H2,1H3. The second-order valence-corrected chi connectivity index (χ2v) is 9.16. The smallest absolute Gasteiger partial charge is 0.321 e. The number of aromatic nitrogens is 1. The van der Waals surface area contributed by atoms with Crippen molar-refractivity contribution in [3.8, 4) is 0 Å². The zero-order valence-electron chi connectivity index (χ0n) is 15.3. The number of hydrogen-bond donors (Lipinski definition) is 0. The molecule has 3 aromatic rings. The first-order valence-corrected chi connectivity index (χ1v) is 10.9. The van der Waals surface area contributed by atoms with E-state index in [0.717, 1.165) is 17.8 Å². The van der Waals surface area contributed by atoms with Gasteiger partial charge < -0.3 is 4.90 Å². The molecule has 154 valence electrons. The molecule has 0 fully saturated rings. The molecule has 2 heterocycles. The average Bonchev–Trinajstić information content (AvgIpc) is 2.68. The van der Waals surface area contributed by atoms with E-state index in [-0.39, 0.29) is 17.5 Å². The Kier molecular flexibility index (Phi) is 5.94. The Hall–Kier alpha value is -1.87. The van der Waals surface area contributed by atoms with Crippen LogP contribution >= 0.6 is 50.9 Å². The number of para-hydroxylation sites is 1. The van der Waals surface area contributed by atoms with Gasteiger partial charge in [0.1, 0.15) is 16.7 Å². The molecule has 0 saturated carbocycles. The lowest BCUT2D eigenvalue weighted by Crippen LogP contribution is -2.43. The maximum absolute atomic E-state index is 14.1. The third-order valence-corrected chi connectivity index (χ3v) is 6.94. The molecule has 0 saturated heterocycles. The number of rotatable bonds is 3. The van der Waals surface area contributed by atoms with Gasteiger partial charge in [-0.1, -0.05) is 41.0 Å². The lowest BCUT2D eigenvalue weighted by Gasteiger charge is -2.35. The molecule has 0 aliphatic carbocycles. The predicted octanol–water partition coefficient (Wildman–Crippen LogP) is 7.28. The number of carbonyl (C=O) groups is 1. The molecule has 4 rings (SSSR count). The summed E-state index contributed by atoms with van der Waals surface area (Å²) in [7, 11) is 1.64. The maximum Gasteiger partial charge on any atom is 0.329 e. The molecule has 10 heteroatoms. The highest BCUT2D eigenvalue weighted by molar-refractivity contribution is 9.10. The molecule has 4 nitrogen and oxygen atoms in total. The van der Waals surface area contributed by atoms with Gasteiger partial charge in [-0.25, -0.2) is 18.6 Å². The Labute approximate surface area is 193 Å². The molecule has 0 bridgehead atoms. The average molecular weight is 531 g/mol. The molecule has 0 unspecified atom stereocenters. The second kappa shape index (κ2) is 8.34. The number of amides is 2. The van der Waals surface area contributed by atoms with Crippen molar-refractivity contribution in [2.24, 2.45) is 0 Å². The van der Waals surface area contributed by atoms with Crippen molar-refractivity contribution in [1.82, 2.24) is 9.88 Å². The third kappa shape index (κ3) is 3.89. The Bertz CT molecular complexity index is 1160. The molecular weight excluding hydrogens is 519 g/mol. The topological polar surface area (TPSA) is 36.4 Å². The first kappa shape index (κ1) is 21.4. The third-order valence-electron chi connectivity index (χ3n) is 4.41. The minimum Gasteiger partial charge on any atom is -0.321 e. The van der Waals surface area contributed by atoms with Crippen LogP contribution in [0.5, 0.6) is 0 Å². The number of anilines is 2. The molecule has 1 aromatic heterocycles. The lowest BCUT2D eigenvalue weighted by molar-refractivity contribution is 0.212. The summed E-state index contributed by atoms with van der Waals surface area (Å²) in [5.41, 5.74) is 1.46. The number of urea groups is 1. The number of halogens is 5. The van der Waals surface area contributed by atoms with Crippen LogP contribution in [0.3, 0.4) is 0 Å². The summed E-state index contributed by atoms with van der Waals surface area (Å²) in [6, 6.07) is 9.76. The lowest BCUT2D eigenvalue weighted by atomic mass is 10.2. The number of pyridine rings is 1. The van der Waals surface area contributed by atoms with Crippen LogP contribution in [0, 0.1) is 11.6 Å². The molecule has 2 amide bonds. The molecular formula is C20H12BrCl2F2N3OS. The van der Waals surface area contributed by atoms with Crippen molar-refractivity contribution < 1.29 is 13.6 Å². The van der Waals surface area contributed by atoms with Crippen LogP contribution in [0.2, 0.25) is 10.0 Å². The van der Waals surface area contributed by atoms with Crippen LogP contribution in [0.4, 0.5) is 25.0 Å². The van der Waals surface area contributed by atoms with E-state index in [9.17, 15) is 13.6 Å². The highest BCUT2D eigenvalue weighted by Gasteiger charge is 2.34. The van der Waals surface area contributed by atoms with Gasteiger partial charge in [0, 0.05) is 18.0 Å². The molecule has 2 aromatic carbocycles. The van der Waals surface area contributed by atoms with E-state index < -0.39 is 11.6 Å². The van der Waals surface area contributed by atoms with Crippen LogP contribution in [-0.2, 0) is 6.54 Å². The molecule has 0 atom stereocenters. The number of carbonyl (C=O) groups excluding carboxylic acids is 1. The first-order valence-electron chi connectivity index (χ1n) is 8.58. The van der Waals surface area contributed by atoms with Gasteiger partial charge in [-0.3, -0.25) is 4.90 Å². The zero-order chi connectivity index (χ0) is 21.6. The molecule has 0 spiro atoms. The molecule has 1 aliphatic rings. The molecule has 1 aliphatic heterocycles. The van der Waals surface area contributed by atoms with E-state index in [0.29, 0.717) is 36.6 Å². The minimum absolute atomic E-state index is 0.232. The highest BCUT2D eigenvalue weighted by atomic mass is 79.9. The fourth-order valence-electron chi connectivity index (χ4n) is 3.03. The van der Waals surface area contributed by atoms with Gasteiger partial charge in [0.25, 0.3) is 0 Å². The second-order valence-electron chi connectivity index (χ2n) is 6.46. The quantitative estimate of drug-likeness (QED) is 0.357. The van der Waals surface area contributed by atoms with E-state index in [1.807, 2.05) is 0 Å². The molecule has 30 heavy (non-hydrogen) atoms. The van der Waals surface area contributed by atoms with Crippen molar-refractivity contribution in [3.05, 3.63) is 74.3 Å². The predicted molar refractivity (Wildman–Crippen MR) is 118 cm³/mol. The summed E-state index contributed by atoms with van der Waals surface area (Å²) in [6.45, 7) is 0.249. The number of fused-ring (bicyclic) bond motifs is 1. The summed E-state index contributed by atoms with van der Waals surface area (Å²) in [6.07, 6.45) is 0. The Morgan fingerprint density at radius 1 is 1.13 bits per heavy atom. The number of nitrogens with zero attached hydrogens (tertiary/aromatic N) is 3. The SMILES string of the molecule is CN1Cc2nc(Sc3ccc(F)cc3F)c(Br)cc2N(c2c(Cl)cccc2Cl)C1=O. The minimum atomic E-state index is -0.678. The summed E-state index contributed by atoms with van der Waals surface area (Å²) < 4.78 is 27.8. The van der Waals surface area contributed by atoms with Gasteiger partial charge in [0.05, 0.1) is 38.1 Å². The van der Waals surface area contributed by atoms with Crippen LogP contribution in [-0.4, -0.2) is 23.0 Å². The molecule has 0 radical (unpaired) electrons. The zero-order valence-corrected chi connectivity index (χ0v) is 19.2. The van der Waals surface area contributed by atoms with Gasteiger partial charge in [0.15, 0.2) is 0 Å². The summed E-state index contributed by atoms with van der Waals surface area (Å²) in [5.74, 6) is -1.33. The fourth-order valence-corrected chi connectivity index (χ4v) is 4.95. The highest BCUT2D eigenvalue weighted by Crippen LogP contribution is 2.44. The number of hydrogen-bond acceptors (Lipinski definition) is 3. The largest absolute Gasteiger partial charge is 0.329 e. The van der Waals surface area contributed by atoms with E-state index in [4.69, 9.17) is 23.2 Å². The van der Waals surface area contributed by atoms with E-state index in [1.54, 1.807) is 31.3 Å². The van der Waals surface area contributed by atoms with Crippen LogP contribution < -0.4 is 4.90 Å². The van der Waals surface area contributed by atoms with Gasteiger partial charge in [-0.2, -0.15) is 0 Å². The van der Waals surface area contributed by atoms with Gasteiger partial charge in [-0.05, 0) is 46.3 Å². The van der Waals surface area contributed by atoms with Gasteiger partial charge >= 0.3 is 6.03 Å². The van der Waals surface area contributed by atoms with Crippen molar-refractivity contribution in [2.75, 3.05) is 11.9 Å². The van der Waals surface area contributed by atoms with Crippen molar-refractivity contribution in [2.45, 2.75) is 16.5 Å². The van der Waals surface area contributed by atoms with Crippen molar-refractivity contribution in [1.29, 1.82) is 0 Å². The first-order chi connectivity index (χ1) is 14.3. The van der Waals surface area contributed by atoms with Crippen LogP contribution in [0.25, 0.3) is 0 Å². The van der Waals surface area contributed by atoms with Crippen molar-refractivity contribution >= 4 is 68.3 Å².